The van der Waals surface area contributed by atoms with E-state index >= 15 is 0 Å². The van der Waals surface area contributed by atoms with Crippen LogP contribution in [0, 0.1) is 50.2 Å². The second kappa shape index (κ2) is 12.1. The van der Waals surface area contributed by atoms with E-state index in [1.807, 2.05) is 41.3 Å². The molecule has 5 aliphatic carbocycles. The summed E-state index contributed by atoms with van der Waals surface area (Å²) in [5.74, 6) is 1.98. The summed E-state index contributed by atoms with van der Waals surface area (Å²) in [4.78, 5) is 31.2. The van der Waals surface area contributed by atoms with Gasteiger partial charge in [-0.2, -0.15) is 0 Å². The maximum atomic E-state index is 14.3. The molecular formula is C44H64N2O3. The molecular weight excluding hydrogens is 604 g/mol. The third kappa shape index (κ3) is 5.58. The van der Waals surface area contributed by atoms with Crippen LogP contribution in [0.5, 0.6) is 0 Å². The molecule has 1 aliphatic heterocycles. The molecule has 1 unspecified atom stereocenters. The van der Waals surface area contributed by atoms with Crippen LogP contribution < -0.4 is 0 Å². The molecule has 1 N–H and O–H groups in total. The van der Waals surface area contributed by atoms with Gasteiger partial charge in [0, 0.05) is 38.7 Å². The average Bonchev–Trinajstić information content (AvgIpc) is 3.07. The average molecular weight is 669 g/mol. The van der Waals surface area contributed by atoms with Crippen LogP contribution in [-0.4, -0.2) is 59.0 Å². The van der Waals surface area contributed by atoms with Crippen LogP contribution in [-0.2, 0) is 9.59 Å². The SMILES string of the molecule is CC1(C)CC[C@]2(CC(=O)N3CCN(C(=O)/C=C/c4ccccc4)CC3)CC[C@]3(C)C(=CC[C@@H]4[C@@]5(C)CCC(O)C(C)(C)[C@@H]5CC[C@]43C)[C@@H]2C1. The Hall–Kier alpha value is -2.40. The van der Waals surface area contributed by atoms with Crippen molar-refractivity contribution < 1.29 is 14.7 Å². The van der Waals surface area contributed by atoms with Crippen LogP contribution in [0.3, 0.4) is 0 Å². The van der Waals surface area contributed by atoms with Gasteiger partial charge in [-0.1, -0.05) is 90.4 Å². The molecule has 1 aromatic carbocycles. The lowest BCUT2D eigenvalue weighted by molar-refractivity contribution is -0.203. The largest absolute Gasteiger partial charge is 0.393 e. The second-order valence-electron chi connectivity index (χ2n) is 19.6. The van der Waals surface area contributed by atoms with Crippen molar-refractivity contribution in [3.63, 3.8) is 0 Å². The molecule has 5 heteroatoms. The van der Waals surface area contributed by atoms with Crippen molar-refractivity contribution in [2.75, 3.05) is 26.2 Å². The van der Waals surface area contributed by atoms with E-state index in [1.54, 1.807) is 11.6 Å². The van der Waals surface area contributed by atoms with E-state index in [9.17, 15) is 14.7 Å². The molecule has 5 nitrogen and oxygen atoms in total. The summed E-state index contributed by atoms with van der Waals surface area (Å²) >= 11 is 0. The summed E-state index contributed by atoms with van der Waals surface area (Å²) < 4.78 is 0. The first-order valence-electron chi connectivity index (χ1n) is 19.7. The fourth-order valence-electron chi connectivity index (χ4n) is 13.1. The number of hydrogen-bond acceptors (Lipinski definition) is 3. The number of carbonyl (C=O) groups is 2. The molecule has 5 fully saturated rings. The van der Waals surface area contributed by atoms with Crippen LogP contribution in [0.4, 0.5) is 0 Å². The zero-order chi connectivity index (χ0) is 35.0. The van der Waals surface area contributed by atoms with Gasteiger partial charge in [-0.15, -0.1) is 0 Å². The number of aliphatic hydroxyl groups is 1. The van der Waals surface area contributed by atoms with Gasteiger partial charge in [0.25, 0.3) is 0 Å². The zero-order valence-corrected chi connectivity index (χ0v) is 31.7. The molecule has 0 aromatic heterocycles. The van der Waals surface area contributed by atoms with Gasteiger partial charge in [0.15, 0.2) is 0 Å². The van der Waals surface area contributed by atoms with Gasteiger partial charge in [-0.3, -0.25) is 9.59 Å². The van der Waals surface area contributed by atoms with Crippen molar-refractivity contribution in [2.24, 2.45) is 50.2 Å². The number of benzene rings is 1. The van der Waals surface area contributed by atoms with Crippen molar-refractivity contribution in [3.8, 4) is 0 Å². The normalized spacial score (nSPS) is 41.2. The third-order valence-corrected chi connectivity index (χ3v) is 16.5. The first kappa shape index (κ1) is 35.0. The van der Waals surface area contributed by atoms with Gasteiger partial charge < -0.3 is 14.9 Å². The molecule has 8 atom stereocenters. The number of carbonyl (C=O) groups excluding carboxylic acids is 2. The van der Waals surface area contributed by atoms with Gasteiger partial charge in [0.2, 0.25) is 11.8 Å². The van der Waals surface area contributed by atoms with Crippen LogP contribution in [0.15, 0.2) is 48.1 Å². The number of amides is 2. The Kier molecular flexibility index (Phi) is 8.64. The van der Waals surface area contributed by atoms with E-state index in [1.165, 1.54) is 32.1 Å². The molecule has 49 heavy (non-hydrogen) atoms. The molecule has 268 valence electrons. The Morgan fingerprint density at radius 2 is 1.49 bits per heavy atom. The van der Waals surface area contributed by atoms with Gasteiger partial charge in [0.05, 0.1) is 6.10 Å². The minimum Gasteiger partial charge on any atom is -0.393 e. The molecule has 7 rings (SSSR count). The summed E-state index contributed by atoms with van der Waals surface area (Å²) in [5.41, 5.74) is 3.63. The Balaban J connectivity index is 1.10. The van der Waals surface area contributed by atoms with Crippen molar-refractivity contribution in [1.82, 2.24) is 9.80 Å². The third-order valence-electron chi connectivity index (χ3n) is 16.5. The molecule has 2 amide bonds. The minimum atomic E-state index is -0.197. The Morgan fingerprint density at radius 3 is 2.20 bits per heavy atom. The van der Waals surface area contributed by atoms with E-state index in [0.717, 1.165) is 37.7 Å². The lowest BCUT2D eigenvalue weighted by Gasteiger charge is -2.71. The summed E-state index contributed by atoms with van der Waals surface area (Å²) in [6, 6.07) is 9.95. The van der Waals surface area contributed by atoms with E-state index in [4.69, 9.17) is 0 Å². The maximum Gasteiger partial charge on any atom is 0.246 e. The highest BCUT2D eigenvalue weighted by atomic mass is 16.3. The van der Waals surface area contributed by atoms with E-state index in [2.05, 4.69) is 59.4 Å². The van der Waals surface area contributed by atoms with Crippen molar-refractivity contribution >= 4 is 17.9 Å². The smallest absolute Gasteiger partial charge is 0.246 e. The van der Waals surface area contributed by atoms with Crippen LogP contribution >= 0.6 is 0 Å². The Morgan fingerprint density at radius 1 is 0.816 bits per heavy atom. The van der Waals surface area contributed by atoms with Gasteiger partial charge in [-0.25, -0.2) is 0 Å². The fraction of sp³-hybridized carbons (Fsp3) is 0.727. The molecule has 0 radical (unpaired) electrons. The lowest BCUT2D eigenvalue weighted by atomic mass is 9.33. The summed E-state index contributed by atoms with van der Waals surface area (Å²) in [7, 11) is 0. The number of allylic oxidation sites excluding steroid dienone is 2. The van der Waals surface area contributed by atoms with Crippen LogP contribution in [0.2, 0.25) is 0 Å². The van der Waals surface area contributed by atoms with Crippen molar-refractivity contribution in [1.29, 1.82) is 0 Å². The molecule has 6 aliphatic rings. The number of rotatable bonds is 4. The van der Waals surface area contributed by atoms with Crippen molar-refractivity contribution in [3.05, 3.63) is 53.6 Å². The molecule has 4 saturated carbocycles. The topological polar surface area (TPSA) is 60.9 Å². The number of nitrogens with zero attached hydrogens (tertiary/aromatic N) is 2. The quantitative estimate of drug-likeness (QED) is 0.258. The lowest BCUT2D eigenvalue weighted by Crippen LogP contribution is -2.64. The monoisotopic (exact) mass is 668 g/mol. The summed E-state index contributed by atoms with van der Waals surface area (Å²) in [6.07, 6.45) is 18.2. The fourth-order valence-corrected chi connectivity index (χ4v) is 13.1. The molecule has 0 spiro atoms. The van der Waals surface area contributed by atoms with Gasteiger partial charge >= 0.3 is 0 Å². The summed E-state index contributed by atoms with van der Waals surface area (Å²) in [6.45, 7) is 19.9. The van der Waals surface area contributed by atoms with Crippen LogP contribution in [0.25, 0.3) is 6.08 Å². The Bertz CT molecular complexity index is 1500. The number of piperazine rings is 1. The van der Waals surface area contributed by atoms with Crippen LogP contribution in [0.1, 0.15) is 125 Å². The molecule has 1 heterocycles. The standard InChI is InChI=1S/C44H64N2O3/c1-39(2)21-23-44(30-38(49)46-27-25-45(26-28-46)37(48)16-13-31-11-9-8-10-12-31)24-22-42(6)32(33(44)29-39)14-15-35-41(5)19-18-36(47)40(3,4)34(41)17-20-43(35,42)7/h8-14,16,33-36,47H,15,17-30H2,1-7H3/b16-13+/t33-,34-,35+,36?,41-,42+,43+,44+/m0/s1. The first-order chi connectivity index (χ1) is 23.0. The van der Waals surface area contributed by atoms with Gasteiger partial charge in [-0.05, 0) is 126 Å². The van der Waals surface area contributed by atoms with E-state index < -0.39 is 0 Å². The van der Waals surface area contributed by atoms with E-state index in [-0.39, 0.29) is 44.5 Å². The predicted molar refractivity (Wildman–Crippen MR) is 198 cm³/mol. The van der Waals surface area contributed by atoms with E-state index in [0.29, 0.717) is 56.3 Å². The highest BCUT2D eigenvalue weighted by Crippen LogP contribution is 2.76. The highest BCUT2D eigenvalue weighted by molar-refractivity contribution is 5.92. The first-order valence-corrected chi connectivity index (χ1v) is 19.7. The van der Waals surface area contributed by atoms with Gasteiger partial charge in [0.1, 0.15) is 0 Å². The number of fused-ring (bicyclic) bond motifs is 7. The zero-order valence-electron chi connectivity index (χ0n) is 31.7. The Labute approximate surface area is 297 Å². The van der Waals surface area contributed by atoms with Crippen molar-refractivity contribution in [2.45, 2.75) is 125 Å². The number of hydrogen-bond donors (Lipinski definition) is 1. The maximum absolute atomic E-state index is 14.3. The minimum absolute atomic E-state index is 0.0302. The number of aliphatic hydroxyl groups excluding tert-OH is 1. The molecule has 1 aromatic rings. The summed E-state index contributed by atoms with van der Waals surface area (Å²) in [5, 5.41) is 11.1. The highest BCUT2D eigenvalue weighted by Gasteiger charge is 2.68. The molecule has 1 saturated heterocycles. The molecule has 0 bridgehead atoms. The second-order valence-corrected chi connectivity index (χ2v) is 19.6. The predicted octanol–water partition coefficient (Wildman–Crippen LogP) is 8.92.